The summed E-state index contributed by atoms with van der Waals surface area (Å²) in [5.74, 6) is 0. The first-order chi connectivity index (χ1) is 8.51. The molecule has 0 amide bonds. The van der Waals surface area contributed by atoms with Crippen molar-refractivity contribution in [3.05, 3.63) is 0 Å². The molecule has 0 aliphatic carbocycles. The first-order valence-electron chi connectivity index (χ1n) is 6.00. The maximum Gasteiger partial charge on any atom is 0.0531 e. The van der Waals surface area contributed by atoms with Gasteiger partial charge in [0.1, 0.15) is 0 Å². The lowest BCUT2D eigenvalue weighted by Gasteiger charge is -2.24. The van der Waals surface area contributed by atoms with Crippen LogP contribution in [0.5, 0.6) is 0 Å². The van der Waals surface area contributed by atoms with Crippen molar-refractivity contribution in [3.63, 3.8) is 0 Å². The summed E-state index contributed by atoms with van der Waals surface area (Å²) in [4.78, 5) is 0. The van der Waals surface area contributed by atoms with E-state index in [0.29, 0.717) is 6.42 Å². The predicted octanol–water partition coefficient (Wildman–Crippen LogP) is 2.16. The summed E-state index contributed by atoms with van der Waals surface area (Å²) in [6, 6.07) is 0. The second-order valence-electron chi connectivity index (χ2n) is 4.13. The van der Waals surface area contributed by atoms with Gasteiger partial charge in [0.2, 0.25) is 0 Å². The zero-order valence-corrected chi connectivity index (χ0v) is 13.4. The Bertz CT molecular complexity index is 201. The lowest BCUT2D eigenvalue weighted by molar-refractivity contribution is 0.00304. The van der Waals surface area contributed by atoms with Crippen LogP contribution in [0.1, 0.15) is 39.0 Å². The van der Waals surface area contributed by atoms with Gasteiger partial charge in [0.25, 0.3) is 0 Å². The van der Waals surface area contributed by atoms with E-state index in [1.54, 1.807) is 5.37 Å². The molecule has 6 heteroatoms. The second kappa shape index (κ2) is 13.8. The quantitative estimate of drug-likeness (QED) is 0.299. The molecule has 0 saturated carbocycles. The highest BCUT2D eigenvalue weighted by Crippen LogP contribution is 2.18. The molecule has 0 spiro atoms. The Morgan fingerprint density at radius 1 is 1.17 bits per heavy atom. The van der Waals surface area contributed by atoms with E-state index in [1.807, 2.05) is 6.92 Å². The lowest BCUT2D eigenvalue weighted by Crippen LogP contribution is -2.32. The maximum atomic E-state index is 8.66. The van der Waals surface area contributed by atoms with Gasteiger partial charge in [0, 0.05) is 9.61 Å². The average Bonchev–Trinajstić information content (AvgIpc) is 2.39. The van der Waals surface area contributed by atoms with E-state index in [-0.39, 0.29) is 19.8 Å². The van der Waals surface area contributed by atoms with Crippen LogP contribution < -0.4 is 0 Å². The van der Waals surface area contributed by atoms with Crippen LogP contribution in [0.2, 0.25) is 0 Å². The molecule has 0 unspecified atom stereocenters. The van der Waals surface area contributed by atoms with Gasteiger partial charge in [-0.25, -0.2) is 0 Å². The van der Waals surface area contributed by atoms with Crippen LogP contribution >= 0.6 is 37.1 Å². The number of thiol groups is 1. The molecule has 0 aromatic rings. The minimum Gasteiger partial charge on any atom is -0.396 e. The van der Waals surface area contributed by atoms with Crippen LogP contribution in [0.3, 0.4) is 0 Å². The predicted molar refractivity (Wildman–Crippen MR) is 87.7 cm³/mol. The van der Waals surface area contributed by atoms with Gasteiger partial charge in [-0.05, 0) is 37.5 Å². The molecule has 3 N–H and O–H groups in total. The number of rotatable bonds is 9. The van der Waals surface area contributed by atoms with Crippen molar-refractivity contribution in [2.75, 3.05) is 19.8 Å². The van der Waals surface area contributed by atoms with Gasteiger partial charge < -0.3 is 15.3 Å². The molecule has 0 atom stereocenters. The van der Waals surface area contributed by atoms with Crippen molar-refractivity contribution in [2.24, 2.45) is 5.41 Å². The monoisotopic (exact) mass is 312 g/mol. The summed E-state index contributed by atoms with van der Waals surface area (Å²) in [7, 11) is 0. The molecular formula is C12H24O3S3. The van der Waals surface area contributed by atoms with Crippen LogP contribution in [0.4, 0.5) is 0 Å². The summed E-state index contributed by atoms with van der Waals surface area (Å²) >= 11 is 13.4. The van der Waals surface area contributed by atoms with Crippen molar-refractivity contribution < 1.29 is 15.3 Å². The SMILES string of the molecule is CCC(CO)(CO)CO.S=CCCCCC(=S)S. The van der Waals surface area contributed by atoms with E-state index >= 15 is 0 Å². The summed E-state index contributed by atoms with van der Waals surface area (Å²) in [6.45, 7) is 1.35. The number of thiocarbonyl (C=S) groups is 2. The molecule has 0 aliphatic rings. The van der Waals surface area contributed by atoms with Gasteiger partial charge in [-0.1, -0.05) is 31.4 Å². The number of aliphatic hydroxyl groups excluding tert-OH is 3. The Balaban J connectivity index is 0. The van der Waals surface area contributed by atoms with E-state index < -0.39 is 5.41 Å². The molecule has 3 nitrogen and oxygen atoms in total. The third-order valence-corrected chi connectivity index (χ3v) is 3.38. The average molecular weight is 313 g/mol. The molecule has 0 saturated heterocycles. The molecule has 0 bridgehead atoms. The molecule has 0 aromatic carbocycles. The number of unbranched alkanes of at least 4 members (excludes halogenated alkanes) is 2. The highest BCUT2D eigenvalue weighted by molar-refractivity contribution is 8.11. The molecule has 0 aromatic heterocycles. The van der Waals surface area contributed by atoms with E-state index in [1.165, 1.54) is 0 Å². The summed E-state index contributed by atoms with van der Waals surface area (Å²) in [5.41, 5.74) is -0.667. The fraction of sp³-hybridized carbons (Fsp3) is 0.833. The first kappa shape index (κ1) is 20.7. The molecule has 0 fully saturated rings. The first-order valence-corrected chi connectivity index (χ1v) is 7.32. The Kier molecular flexibility index (Phi) is 15.9. The fourth-order valence-corrected chi connectivity index (χ4v) is 1.46. The highest BCUT2D eigenvalue weighted by Gasteiger charge is 2.24. The highest BCUT2D eigenvalue weighted by atomic mass is 32.1. The van der Waals surface area contributed by atoms with Gasteiger partial charge in [-0.3, -0.25) is 0 Å². The van der Waals surface area contributed by atoms with Gasteiger partial charge >= 0.3 is 0 Å². The molecular weight excluding hydrogens is 288 g/mol. The second-order valence-corrected chi connectivity index (χ2v) is 5.80. The third kappa shape index (κ3) is 11.5. The summed E-state index contributed by atoms with van der Waals surface area (Å²) in [6.07, 6.45) is 4.82. The molecule has 0 heterocycles. The van der Waals surface area contributed by atoms with Crippen LogP contribution in [0, 0.1) is 5.41 Å². The van der Waals surface area contributed by atoms with Crippen LogP contribution in [-0.2, 0) is 0 Å². The Hall–Kier alpha value is 0.410. The Labute approximate surface area is 126 Å². The standard InChI is InChI=1S/C6H14O3.C6H10S3/c1-2-6(3-7,4-8)5-9;7-5-3-1-2-4-6(8)9/h7-9H,2-5H2,1H3;5H,1-4H2,(H,8,9). The third-order valence-electron chi connectivity index (χ3n) is 2.72. The maximum absolute atomic E-state index is 8.66. The number of aliphatic hydroxyl groups is 3. The number of hydrogen-bond acceptors (Lipinski definition) is 5. The topological polar surface area (TPSA) is 60.7 Å². The van der Waals surface area contributed by atoms with E-state index in [2.05, 4.69) is 24.8 Å². The summed E-state index contributed by atoms with van der Waals surface area (Å²) < 4.78 is 0.805. The van der Waals surface area contributed by atoms with Crippen molar-refractivity contribution in [1.29, 1.82) is 0 Å². The summed E-state index contributed by atoms with van der Waals surface area (Å²) in [5, 5.41) is 27.7. The van der Waals surface area contributed by atoms with Crippen molar-refractivity contribution in [1.82, 2.24) is 0 Å². The van der Waals surface area contributed by atoms with E-state index in [9.17, 15) is 0 Å². The minimum absolute atomic E-state index is 0.156. The normalized spacial score (nSPS) is 10.5. The molecule has 0 aliphatic heterocycles. The Morgan fingerprint density at radius 2 is 1.67 bits per heavy atom. The van der Waals surface area contributed by atoms with Crippen LogP contribution in [-0.4, -0.2) is 44.7 Å². The van der Waals surface area contributed by atoms with Crippen LogP contribution in [0.15, 0.2) is 0 Å². The lowest BCUT2D eigenvalue weighted by atomic mass is 9.88. The molecule has 0 rings (SSSR count). The zero-order valence-electron chi connectivity index (χ0n) is 10.8. The van der Waals surface area contributed by atoms with Crippen LogP contribution in [0.25, 0.3) is 0 Å². The smallest absolute Gasteiger partial charge is 0.0531 e. The fourth-order valence-electron chi connectivity index (χ4n) is 0.989. The zero-order chi connectivity index (χ0) is 14.4. The van der Waals surface area contributed by atoms with Gasteiger partial charge in [0.05, 0.1) is 19.8 Å². The number of hydrogen-bond donors (Lipinski definition) is 4. The molecule has 18 heavy (non-hydrogen) atoms. The van der Waals surface area contributed by atoms with E-state index in [4.69, 9.17) is 27.5 Å². The van der Waals surface area contributed by atoms with Crippen molar-refractivity contribution in [2.45, 2.75) is 39.0 Å². The van der Waals surface area contributed by atoms with Gasteiger partial charge in [-0.2, -0.15) is 0 Å². The van der Waals surface area contributed by atoms with Crippen molar-refractivity contribution in [3.8, 4) is 0 Å². The Morgan fingerprint density at radius 3 is 1.89 bits per heavy atom. The molecule has 0 radical (unpaired) electrons. The largest absolute Gasteiger partial charge is 0.396 e. The van der Waals surface area contributed by atoms with Gasteiger partial charge in [-0.15, -0.1) is 12.6 Å². The minimum atomic E-state index is -0.667. The van der Waals surface area contributed by atoms with Gasteiger partial charge in [0.15, 0.2) is 0 Å². The van der Waals surface area contributed by atoms with E-state index in [0.717, 1.165) is 29.9 Å². The molecule has 108 valence electrons. The van der Waals surface area contributed by atoms with Crippen molar-refractivity contribution >= 4 is 46.6 Å².